The second kappa shape index (κ2) is 4.65. The van der Waals surface area contributed by atoms with Crippen LogP contribution in [0.4, 0.5) is 8.78 Å². The summed E-state index contributed by atoms with van der Waals surface area (Å²) in [4.78, 5) is 0. The average molecular weight is 229 g/mol. The lowest BCUT2D eigenvalue weighted by Crippen LogP contribution is -2.20. The molecule has 1 heterocycles. The van der Waals surface area contributed by atoms with Crippen LogP contribution in [0.25, 0.3) is 0 Å². The van der Waals surface area contributed by atoms with Crippen molar-refractivity contribution in [2.24, 2.45) is 0 Å². The molecule has 0 amide bonds. The number of nitrogens with one attached hydrogen (secondary N) is 1. The van der Waals surface area contributed by atoms with E-state index in [0.717, 1.165) is 25.1 Å². The third-order valence-electron chi connectivity index (χ3n) is 2.49. The highest BCUT2D eigenvalue weighted by molar-refractivity contribution is 5.41. The smallest absolute Gasteiger partial charge is 0.197 e. The maximum absolute atomic E-state index is 13.3. The molecule has 88 valence electrons. The Labute approximate surface area is 92.4 Å². The van der Waals surface area contributed by atoms with Crippen molar-refractivity contribution >= 4 is 0 Å². The van der Waals surface area contributed by atoms with Crippen molar-refractivity contribution in [3.05, 3.63) is 23.8 Å². The van der Waals surface area contributed by atoms with E-state index in [-0.39, 0.29) is 17.6 Å². The summed E-state index contributed by atoms with van der Waals surface area (Å²) in [6.45, 7) is 1.53. The molecule has 5 heteroatoms. The summed E-state index contributed by atoms with van der Waals surface area (Å²) >= 11 is 0. The van der Waals surface area contributed by atoms with Crippen molar-refractivity contribution in [1.82, 2.24) is 5.32 Å². The van der Waals surface area contributed by atoms with Gasteiger partial charge in [-0.1, -0.05) is 0 Å². The van der Waals surface area contributed by atoms with Crippen molar-refractivity contribution in [1.29, 1.82) is 0 Å². The SMILES string of the molecule is COc1c(F)cc(F)cc1OC1CCNC1. The highest BCUT2D eigenvalue weighted by Crippen LogP contribution is 2.32. The van der Waals surface area contributed by atoms with Gasteiger partial charge in [0, 0.05) is 18.7 Å². The summed E-state index contributed by atoms with van der Waals surface area (Å²) in [5.74, 6) is -1.34. The summed E-state index contributed by atoms with van der Waals surface area (Å²) < 4.78 is 36.7. The molecule has 0 aliphatic carbocycles. The average Bonchev–Trinajstić information content (AvgIpc) is 2.70. The molecule has 1 aliphatic heterocycles. The first-order valence-corrected chi connectivity index (χ1v) is 5.11. The Hall–Kier alpha value is -1.36. The molecule has 1 N–H and O–H groups in total. The van der Waals surface area contributed by atoms with Crippen molar-refractivity contribution in [3.63, 3.8) is 0 Å². The van der Waals surface area contributed by atoms with Gasteiger partial charge >= 0.3 is 0 Å². The van der Waals surface area contributed by atoms with Crippen molar-refractivity contribution in [2.75, 3.05) is 20.2 Å². The van der Waals surface area contributed by atoms with Gasteiger partial charge in [0.1, 0.15) is 11.9 Å². The minimum absolute atomic E-state index is 0.0479. The molecule has 0 saturated carbocycles. The van der Waals surface area contributed by atoms with E-state index in [1.165, 1.54) is 7.11 Å². The van der Waals surface area contributed by atoms with Gasteiger partial charge in [0.25, 0.3) is 0 Å². The Morgan fingerprint density at radius 2 is 2.19 bits per heavy atom. The van der Waals surface area contributed by atoms with Crippen LogP contribution in [0.2, 0.25) is 0 Å². The molecule has 1 aromatic rings. The van der Waals surface area contributed by atoms with Crippen LogP contribution in [0.5, 0.6) is 11.5 Å². The summed E-state index contributed by atoms with van der Waals surface area (Å²) in [6.07, 6.45) is 0.761. The Balaban J connectivity index is 2.23. The lowest BCUT2D eigenvalue weighted by Gasteiger charge is -2.15. The van der Waals surface area contributed by atoms with Crippen LogP contribution in [0.3, 0.4) is 0 Å². The van der Waals surface area contributed by atoms with Crippen LogP contribution in [-0.2, 0) is 0 Å². The minimum atomic E-state index is -0.747. The first-order valence-electron chi connectivity index (χ1n) is 5.11. The molecule has 1 aliphatic rings. The van der Waals surface area contributed by atoms with Crippen molar-refractivity contribution in [2.45, 2.75) is 12.5 Å². The van der Waals surface area contributed by atoms with Crippen LogP contribution in [0.1, 0.15) is 6.42 Å². The first-order chi connectivity index (χ1) is 7.70. The fourth-order valence-corrected chi connectivity index (χ4v) is 1.73. The van der Waals surface area contributed by atoms with Gasteiger partial charge in [-0.3, -0.25) is 0 Å². The van der Waals surface area contributed by atoms with Crippen LogP contribution in [0.15, 0.2) is 12.1 Å². The van der Waals surface area contributed by atoms with E-state index in [9.17, 15) is 8.78 Å². The molecule has 1 aromatic carbocycles. The number of hydrogen-bond acceptors (Lipinski definition) is 3. The molecule has 1 atom stereocenters. The predicted molar refractivity (Wildman–Crippen MR) is 54.8 cm³/mol. The molecule has 1 saturated heterocycles. The van der Waals surface area contributed by atoms with E-state index in [1.54, 1.807) is 0 Å². The molecule has 0 aromatic heterocycles. The summed E-state index contributed by atoms with van der Waals surface area (Å²) in [5.41, 5.74) is 0. The zero-order chi connectivity index (χ0) is 11.5. The van der Waals surface area contributed by atoms with Crippen LogP contribution < -0.4 is 14.8 Å². The normalized spacial score (nSPS) is 19.8. The quantitative estimate of drug-likeness (QED) is 0.856. The van der Waals surface area contributed by atoms with Crippen LogP contribution >= 0.6 is 0 Å². The van der Waals surface area contributed by atoms with Crippen LogP contribution in [-0.4, -0.2) is 26.3 Å². The first kappa shape index (κ1) is 11.1. The van der Waals surface area contributed by atoms with Crippen molar-refractivity contribution < 1.29 is 18.3 Å². The Bertz CT molecular complexity index is 378. The van der Waals surface area contributed by atoms with Gasteiger partial charge < -0.3 is 14.8 Å². The number of ether oxygens (including phenoxy) is 2. The van der Waals surface area contributed by atoms with E-state index in [1.807, 2.05) is 0 Å². The molecule has 3 nitrogen and oxygen atoms in total. The van der Waals surface area contributed by atoms with E-state index < -0.39 is 11.6 Å². The lowest BCUT2D eigenvalue weighted by atomic mass is 10.2. The molecule has 1 fully saturated rings. The Morgan fingerprint density at radius 3 is 2.81 bits per heavy atom. The molecule has 16 heavy (non-hydrogen) atoms. The standard InChI is InChI=1S/C11H13F2NO2/c1-15-11-9(13)4-7(12)5-10(11)16-8-2-3-14-6-8/h4-5,8,14H,2-3,6H2,1H3. The molecule has 0 spiro atoms. The fourth-order valence-electron chi connectivity index (χ4n) is 1.73. The molecular formula is C11H13F2NO2. The minimum Gasteiger partial charge on any atom is -0.490 e. The third-order valence-corrected chi connectivity index (χ3v) is 2.49. The molecule has 2 rings (SSSR count). The Morgan fingerprint density at radius 1 is 1.38 bits per heavy atom. The number of halogens is 2. The van der Waals surface area contributed by atoms with Gasteiger partial charge in [-0.05, 0) is 13.0 Å². The molecule has 0 radical (unpaired) electrons. The number of methoxy groups -OCH3 is 1. The third kappa shape index (κ3) is 2.24. The monoisotopic (exact) mass is 229 g/mol. The van der Waals surface area contributed by atoms with Gasteiger partial charge in [0.15, 0.2) is 17.3 Å². The van der Waals surface area contributed by atoms with Gasteiger partial charge in [-0.25, -0.2) is 8.78 Å². The Kier molecular flexibility index (Phi) is 3.24. The van der Waals surface area contributed by atoms with E-state index in [2.05, 4.69) is 5.32 Å². The fraction of sp³-hybridized carbons (Fsp3) is 0.455. The summed E-state index contributed by atoms with van der Waals surface area (Å²) in [6, 6.07) is 1.92. The highest BCUT2D eigenvalue weighted by atomic mass is 19.1. The highest BCUT2D eigenvalue weighted by Gasteiger charge is 2.20. The number of benzene rings is 1. The lowest BCUT2D eigenvalue weighted by molar-refractivity contribution is 0.209. The van der Waals surface area contributed by atoms with E-state index in [0.29, 0.717) is 6.54 Å². The second-order valence-corrected chi connectivity index (χ2v) is 3.65. The second-order valence-electron chi connectivity index (χ2n) is 3.65. The van der Waals surface area contributed by atoms with Crippen molar-refractivity contribution in [3.8, 4) is 11.5 Å². The number of rotatable bonds is 3. The van der Waals surface area contributed by atoms with Gasteiger partial charge in [-0.15, -0.1) is 0 Å². The summed E-state index contributed by atoms with van der Waals surface area (Å²) in [7, 11) is 1.33. The number of hydrogen-bond donors (Lipinski definition) is 1. The van der Waals surface area contributed by atoms with Crippen LogP contribution in [0, 0.1) is 11.6 Å². The largest absolute Gasteiger partial charge is 0.490 e. The topological polar surface area (TPSA) is 30.5 Å². The zero-order valence-corrected chi connectivity index (χ0v) is 8.93. The predicted octanol–water partition coefficient (Wildman–Crippen LogP) is 1.71. The van der Waals surface area contributed by atoms with E-state index in [4.69, 9.17) is 9.47 Å². The molecular weight excluding hydrogens is 216 g/mol. The molecule has 1 unspecified atom stereocenters. The maximum atomic E-state index is 13.3. The zero-order valence-electron chi connectivity index (χ0n) is 8.93. The van der Waals surface area contributed by atoms with Gasteiger partial charge in [0.05, 0.1) is 7.11 Å². The maximum Gasteiger partial charge on any atom is 0.197 e. The van der Waals surface area contributed by atoms with E-state index >= 15 is 0 Å². The summed E-state index contributed by atoms with van der Waals surface area (Å²) in [5, 5.41) is 3.11. The van der Waals surface area contributed by atoms with Gasteiger partial charge in [0.2, 0.25) is 0 Å². The molecule has 0 bridgehead atoms. The van der Waals surface area contributed by atoms with Gasteiger partial charge in [-0.2, -0.15) is 0 Å².